The Morgan fingerprint density at radius 2 is 2.00 bits per heavy atom. The summed E-state index contributed by atoms with van der Waals surface area (Å²) in [6, 6.07) is 1.88. The number of carbonyl (C=O) groups excluding carboxylic acids is 1. The molecular formula is C11H9F2N3O. The molecule has 0 atom stereocenters. The maximum absolute atomic E-state index is 13.5. The fraction of sp³-hybridized carbons (Fsp3) is 0.182. The number of hydrogen-bond donors (Lipinski definition) is 0. The lowest BCUT2D eigenvalue weighted by Crippen LogP contribution is -2.10. The van der Waals surface area contributed by atoms with Crippen LogP contribution < -0.4 is 0 Å². The molecule has 0 aliphatic rings. The SMILES string of the molecule is Cc1cc(C(=O)c2cnnn2C)c(F)cc1F. The number of aryl methyl sites for hydroxylation is 2. The third-order valence-corrected chi connectivity index (χ3v) is 2.44. The molecule has 0 aliphatic carbocycles. The van der Waals surface area contributed by atoms with Gasteiger partial charge in [-0.2, -0.15) is 0 Å². The molecule has 2 aromatic rings. The summed E-state index contributed by atoms with van der Waals surface area (Å²) in [5, 5.41) is 7.12. The van der Waals surface area contributed by atoms with E-state index >= 15 is 0 Å². The maximum Gasteiger partial charge on any atom is 0.215 e. The molecule has 1 heterocycles. The molecule has 0 spiro atoms. The van der Waals surface area contributed by atoms with E-state index in [1.54, 1.807) is 0 Å². The quantitative estimate of drug-likeness (QED) is 0.746. The Kier molecular flexibility index (Phi) is 2.71. The number of carbonyl (C=O) groups is 1. The van der Waals surface area contributed by atoms with E-state index in [2.05, 4.69) is 10.3 Å². The van der Waals surface area contributed by atoms with Crippen LogP contribution in [0.15, 0.2) is 18.3 Å². The molecule has 0 unspecified atom stereocenters. The number of rotatable bonds is 2. The second-order valence-electron chi connectivity index (χ2n) is 3.65. The standard InChI is InChI=1S/C11H9F2N3O/c1-6-3-7(9(13)4-8(6)12)11(17)10-5-14-15-16(10)2/h3-5H,1-2H3. The van der Waals surface area contributed by atoms with Gasteiger partial charge < -0.3 is 0 Å². The summed E-state index contributed by atoms with van der Waals surface area (Å²) in [5.41, 5.74) is 0.175. The fourth-order valence-corrected chi connectivity index (χ4v) is 1.46. The highest BCUT2D eigenvalue weighted by atomic mass is 19.1. The lowest BCUT2D eigenvalue weighted by atomic mass is 10.0. The summed E-state index contributed by atoms with van der Waals surface area (Å²) in [7, 11) is 1.52. The second kappa shape index (κ2) is 4.04. The van der Waals surface area contributed by atoms with Crippen LogP contribution in [0.5, 0.6) is 0 Å². The maximum atomic E-state index is 13.5. The van der Waals surface area contributed by atoms with Gasteiger partial charge in [-0.3, -0.25) is 4.79 Å². The van der Waals surface area contributed by atoms with Crippen LogP contribution in [0.4, 0.5) is 8.78 Å². The van der Waals surface area contributed by atoms with Gasteiger partial charge in [-0.1, -0.05) is 5.21 Å². The topological polar surface area (TPSA) is 47.8 Å². The molecule has 0 amide bonds. The van der Waals surface area contributed by atoms with Crippen LogP contribution in [0.3, 0.4) is 0 Å². The minimum Gasteiger partial charge on any atom is -0.287 e. The molecule has 1 aromatic carbocycles. The second-order valence-corrected chi connectivity index (χ2v) is 3.65. The van der Waals surface area contributed by atoms with Crippen molar-refractivity contribution in [2.75, 3.05) is 0 Å². The first-order chi connectivity index (χ1) is 8.00. The predicted molar refractivity (Wildman–Crippen MR) is 55.5 cm³/mol. The molecule has 6 heteroatoms. The number of nitrogens with zero attached hydrogens (tertiary/aromatic N) is 3. The molecular weight excluding hydrogens is 228 g/mol. The molecule has 2 rings (SSSR count). The van der Waals surface area contributed by atoms with Crippen molar-refractivity contribution in [3.8, 4) is 0 Å². The highest BCUT2D eigenvalue weighted by molar-refractivity contribution is 6.07. The molecule has 1 aromatic heterocycles. The van der Waals surface area contributed by atoms with Crippen molar-refractivity contribution in [2.45, 2.75) is 6.92 Å². The monoisotopic (exact) mass is 237 g/mol. The van der Waals surface area contributed by atoms with E-state index in [1.807, 2.05) is 0 Å². The smallest absolute Gasteiger partial charge is 0.215 e. The van der Waals surface area contributed by atoms with Crippen molar-refractivity contribution >= 4 is 5.78 Å². The molecule has 4 nitrogen and oxygen atoms in total. The average Bonchev–Trinajstić information content (AvgIpc) is 2.69. The van der Waals surface area contributed by atoms with E-state index in [1.165, 1.54) is 30.9 Å². The Labute approximate surface area is 95.9 Å². The first kappa shape index (κ1) is 11.4. The van der Waals surface area contributed by atoms with Crippen molar-refractivity contribution in [1.82, 2.24) is 15.0 Å². The van der Waals surface area contributed by atoms with Gasteiger partial charge in [0, 0.05) is 13.1 Å². The number of halogens is 2. The Balaban J connectivity index is 2.52. The molecule has 88 valence electrons. The van der Waals surface area contributed by atoms with Gasteiger partial charge in [0.2, 0.25) is 5.78 Å². The fourth-order valence-electron chi connectivity index (χ4n) is 1.46. The molecule has 0 saturated heterocycles. The zero-order valence-electron chi connectivity index (χ0n) is 9.24. The van der Waals surface area contributed by atoms with Gasteiger partial charge in [-0.15, -0.1) is 5.10 Å². The first-order valence-corrected chi connectivity index (χ1v) is 4.85. The molecule has 0 radical (unpaired) electrons. The van der Waals surface area contributed by atoms with E-state index in [9.17, 15) is 13.6 Å². The molecule has 0 bridgehead atoms. The van der Waals surface area contributed by atoms with Gasteiger partial charge in [0.05, 0.1) is 11.8 Å². The average molecular weight is 237 g/mol. The molecule has 17 heavy (non-hydrogen) atoms. The number of benzene rings is 1. The zero-order valence-corrected chi connectivity index (χ0v) is 9.24. The summed E-state index contributed by atoms with van der Waals surface area (Å²) in [5.74, 6) is -2.14. The van der Waals surface area contributed by atoms with Crippen LogP contribution in [0.1, 0.15) is 21.6 Å². The summed E-state index contributed by atoms with van der Waals surface area (Å²) >= 11 is 0. The van der Waals surface area contributed by atoms with E-state index < -0.39 is 17.4 Å². The van der Waals surface area contributed by atoms with Gasteiger partial charge in [0.25, 0.3) is 0 Å². The van der Waals surface area contributed by atoms with Gasteiger partial charge >= 0.3 is 0 Å². The molecule has 0 saturated carbocycles. The molecule has 0 N–H and O–H groups in total. The highest BCUT2D eigenvalue weighted by Gasteiger charge is 2.19. The third-order valence-electron chi connectivity index (χ3n) is 2.44. The predicted octanol–water partition coefficient (Wildman–Crippen LogP) is 1.63. The number of aromatic nitrogens is 3. The summed E-state index contributed by atoms with van der Waals surface area (Å²) < 4.78 is 27.8. The number of hydrogen-bond acceptors (Lipinski definition) is 3. The molecule has 0 aliphatic heterocycles. The van der Waals surface area contributed by atoms with Crippen LogP contribution in [-0.4, -0.2) is 20.8 Å². The van der Waals surface area contributed by atoms with E-state index in [-0.39, 0.29) is 16.8 Å². The van der Waals surface area contributed by atoms with Crippen LogP contribution in [-0.2, 0) is 7.05 Å². The Hall–Kier alpha value is -2.11. The van der Waals surface area contributed by atoms with E-state index in [0.29, 0.717) is 6.07 Å². The van der Waals surface area contributed by atoms with Crippen molar-refractivity contribution < 1.29 is 13.6 Å². The highest BCUT2D eigenvalue weighted by Crippen LogP contribution is 2.17. The van der Waals surface area contributed by atoms with Crippen LogP contribution >= 0.6 is 0 Å². The van der Waals surface area contributed by atoms with Crippen molar-refractivity contribution in [2.24, 2.45) is 7.05 Å². The van der Waals surface area contributed by atoms with Crippen LogP contribution in [0, 0.1) is 18.6 Å². The van der Waals surface area contributed by atoms with E-state index in [4.69, 9.17) is 0 Å². The Bertz CT molecular complexity index is 592. The largest absolute Gasteiger partial charge is 0.287 e. The lowest BCUT2D eigenvalue weighted by molar-refractivity contribution is 0.102. The summed E-state index contributed by atoms with van der Waals surface area (Å²) in [6.07, 6.45) is 1.24. The minimum atomic E-state index is -0.890. The van der Waals surface area contributed by atoms with Gasteiger partial charge in [-0.05, 0) is 18.6 Å². The Morgan fingerprint density at radius 3 is 2.59 bits per heavy atom. The first-order valence-electron chi connectivity index (χ1n) is 4.85. The van der Waals surface area contributed by atoms with Crippen molar-refractivity contribution in [1.29, 1.82) is 0 Å². The number of ketones is 1. The van der Waals surface area contributed by atoms with Gasteiger partial charge in [-0.25, -0.2) is 13.5 Å². The van der Waals surface area contributed by atoms with Crippen molar-refractivity contribution in [3.05, 3.63) is 46.8 Å². The van der Waals surface area contributed by atoms with Crippen LogP contribution in [0.2, 0.25) is 0 Å². The minimum absolute atomic E-state index is 0.148. The Morgan fingerprint density at radius 1 is 1.29 bits per heavy atom. The van der Waals surface area contributed by atoms with Crippen molar-refractivity contribution in [3.63, 3.8) is 0 Å². The molecule has 0 fully saturated rings. The van der Waals surface area contributed by atoms with Gasteiger partial charge in [0.1, 0.15) is 17.3 Å². The zero-order chi connectivity index (χ0) is 12.6. The van der Waals surface area contributed by atoms with Crippen LogP contribution in [0.25, 0.3) is 0 Å². The third kappa shape index (κ3) is 1.93. The lowest BCUT2D eigenvalue weighted by Gasteiger charge is -2.04. The summed E-state index contributed by atoms with van der Waals surface area (Å²) in [4.78, 5) is 11.9. The normalized spacial score (nSPS) is 10.6. The van der Waals surface area contributed by atoms with E-state index in [0.717, 1.165) is 0 Å². The summed E-state index contributed by atoms with van der Waals surface area (Å²) in [6.45, 7) is 1.47. The van der Waals surface area contributed by atoms with Gasteiger partial charge in [0.15, 0.2) is 0 Å².